The van der Waals surface area contributed by atoms with Crippen LogP contribution >= 0.6 is 0 Å². The molecule has 2 rings (SSSR count). The first-order valence-corrected chi connectivity index (χ1v) is 6.58. The topological polar surface area (TPSA) is 60.2 Å². The van der Waals surface area contributed by atoms with Gasteiger partial charge in [0.25, 0.3) is 0 Å². The fraction of sp³-hybridized carbons (Fsp3) is 0.571. The van der Waals surface area contributed by atoms with Crippen molar-refractivity contribution in [3.05, 3.63) is 24.0 Å². The van der Waals surface area contributed by atoms with Gasteiger partial charge in [-0.05, 0) is 18.9 Å². The molecule has 18 heavy (non-hydrogen) atoms. The molecule has 0 atom stereocenters. The molecule has 1 aliphatic rings. The van der Waals surface area contributed by atoms with Crippen LogP contribution in [0.2, 0.25) is 0 Å². The van der Waals surface area contributed by atoms with Gasteiger partial charge in [-0.1, -0.05) is 19.3 Å². The van der Waals surface area contributed by atoms with Crippen molar-refractivity contribution in [3.8, 4) is 6.07 Å². The molecule has 0 radical (unpaired) electrons. The van der Waals surface area contributed by atoms with E-state index in [0.717, 1.165) is 18.5 Å². The molecule has 0 saturated heterocycles. The number of aliphatic hydroxyl groups excluding tert-OH is 1. The SMILES string of the molecule is N#Cc1ccncc1N(CCO)C1CCCCC1. The Morgan fingerprint density at radius 3 is 2.83 bits per heavy atom. The highest BCUT2D eigenvalue weighted by Gasteiger charge is 2.22. The smallest absolute Gasteiger partial charge is 0.101 e. The van der Waals surface area contributed by atoms with Crippen molar-refractivity contribution in [2.75, 3.05) is 18.1 Å². The van der Waals surface area contributed by atoms with Crippen molar-refractivity contribution < 1.29 is 5.11 Å². The maximum absolute atomic E-state index is 9.25. The monoisotopic (exact) mass is 245 g/mol. The highest BCUT2D eigenvalue weighted by Crippen LogP contribution is 2.28. The summed E-state index contributed by atoms with van der Waals surface area (Å²) in [6.45, 7) is 0.682. The molecule has 1 saturated carbocycles. The lowest BCUT2D eigenvalue weighted by Crippen LogP contribution is -2.39. The van der Waals surface area contributed by atoms with Gasteiger partial charge in [0, 0.05) is 18.8 Å². The van der Waals surface area contributed by atoms with Crippen molar-refractivity contribution in [3.63, 3.8) is 0 Å². The van der Waals surface area contributed by atoms with E-state index in [2.05, 4.69) is 16.0 Å². The van der Waals surface area contributed by atoms with E-state index in [1.807, 2.05) is 0 Å². The standard InChI is InChI=1S/C14H19N3O/c15-10-12-6-7-16-11-14(12)17(8-9-18)13-4-2-1-3-5-13/h6-7,11,13,18H,1-5,8-9H2. The molecular formula is C14H19N3O. The van der Waals surface area contributed by atoms with E-state index >= 15 is 0 Å². The summed E-state index contributed by atoms with van der Waals surface area (Å²) >= 11 is 0. The van der Waals surface area contributed by atoms with Crippen molar-refractivity contribution >= 4 is 5.69 Å². The number of aromatic nitrogens is 1. The van der Waals surface area contributed by atoms with Crippen LogP contribution in [0.3, 0.4) is 0 Å². The first-order chi connectivity index (χ1) is 8.86. The summed E-state index contributed by atoms with van der Waals surface area (Å²) in [5.74, 6) is 0. The van der Waals surface area contributed by atoms with Crippen LogP contribution in [0.4, 0.5) is 5.69 Å². The second-order valence-corrected chi connectivity index (χ2v) is 4.71. The van der Waals surface area contributed by atoms with Gasteiger partial charge in [-0.3, -0.25) is 4.98 Å². The van der Waals surface area contributed by atoms with Crippen LogP contribution in [-0.4, -0.2) is 29.3 Å². The van der Waals surface area contributed by atoms with Crippen LogP contribution in [0.15, 0.2) is 18.5 Å². The normalized spacial score (nSPS) is 16.2. The lowest BCUT2D eigenvalue weighted by molar-refractivity contribution is 0.290. The molecule has 1 aromatic rings. The first kappa shape index (κ1) is 12.8. The third kappa shape index (κ3) is 2.80. The van der Waals surface area contributed by atoms with E-state index in [9.17, 15) is 5.11 Å². The molecule has 4 heteroatoms. The van der Waals surface area contributed by atoms with E-state index < -0.39 is 0 Å². The lowest BCUT2D eigenvalue weighted by atomic mass is 9.93. The second kappa shape index (κ2) is 6.36. The molecule has 0 aromatic carbocycles. The summed E-state index contributed by atoms with van der Waals surface area (Å²) in [4.78, 5) is 6.27. The molecule has 1 fully saturated rings. The van der Waals surface area contributed by atoms with E-state index in [1.165, 1.54) is 19.3 Å². The van der Waals surface area contributed by atoms with Crippen LogP contribution in [-0.2, 0) is 0 Å². The number of nitriles is 1. The van der Waals surface area contributed by atoms with Crippen molar-refractivity contribution in [1.82, 2.24) is 4.98 Å². The molecule has 0 unspecified atom stereocenters. The molecular weight excluding hydrogens is 226 g/mol. The Morgan fingerprint density at radius 1 is 1.39 bits per heavy atom. The summed E-state index contributed by atoms with van der Waals surface area (Å²) in [6.07, 6.45) is 9.41. The maximum atomic E-state index is 9.25. The van der Waals surface area contributed by atoms with Crippen LogP contribution in [0, 0.1) is 11.3 Å². The van der Waals surface area contributed by atoms with Crippen molar-refractivity contribution in [1.29, 1.82) is 5.26 Å². The van der Waals surface area contributed by atoms with E-state index in [0.29, 0.717) is 18.2 Å². The zero-order chi connectivity index (χ0) is 12.8. The minimum atomic E-state index is 0.107. The highest BCUT2D eigenvalue weighted by atomic mass is 16.3. The fourth-order valence-corrected chi connectivity index (χ4v) is 2.71. The minimum Gasteiger partial charge on any atom is -0.395 e. The van der Waals surface area contributed by atoms with Crippen LogP contribution < -0.4 is 4.90 Å². The van der Waals surface area contributed by atoms with Gasteiger partial charge in [0.15, 0.2) is 0 Å². The Bertz CT molecular complexity index is 421. The largest absolute Gasteiger partial charge is 0.395 e. The van der Waals surface area contributed by atoms with Gasteiger partial charge in [-0.25, -0.2) is 0 Å². The third-order valence-corrected chi connectivity index (χ3v) is 3.59. The van der Waals surface area contributed by atoms with Gasteiger partial charge < -0.3 is 10.0 Å². The van der Waals surface area contributed by atoms with Crippen LogP contribution in [0.1, 0.15) is 37.7 Å². The van der Waals surface area contributed by atoms with Gasteiger partial charge in [0.1, 0.15) is 6.07 Å². The molecule has 0 spiro atoms. The van der Waals surface area contributed by atoms with Crippen LogP contribution in [0.5, 0.6) is 0 Å². The number of hydrogen-bond acceptors (Lipinski definition) is 4. The number of pyridine rings is 1. The van der Waals surface area contributed by atoms with E-state index in [4.69, 9.17) is 5.26 Å². The second-order valence-electron chi connectivity index (χ2n) is 4.71. The van der Waals surface area contributed by atoms with Crippen molar-refractivity contribution in [2.24, 2.45) is 0 Å². The molecule has 0 aliphatic heterocycles. The molecule has 1 aromatic heterocycles. The minimum absolute atomic E-state index is 0.107. The predicted octanol–water partition coefficient (Wildman–Crippen LogP) is 2.08. The molecule has 1 aliphatic carbocycles. The Balaban J connectivity index is 2.25. The Hall–Kier alpha value is -1.60. The quantitative estimate of drug-likeness (QED) is 0.882. The molecule has 96 valence electrons. The van der Waals surface area contributed by atoms with Crippen LogP contribution in [0.25, 0.3) is 0 Å². The summed E-state index contributed by atoms with van der Waals surface area (Å²) in [5, 5.41) is 18.4. The number of hydrogen-bond donors (Lipinski definition) is 1. The highest BCUT2D eigenvalue weighted by molar-refractivity contribution is 5.58. The summed E-state index contributed by atoms with van der Waals surface area (Å²) in [5.41, 5.74) is 1.50. The molecule has 0 amide bonds. The molecule has 4 nitrogen and oxygen atoms in total. The number of nitrogens with zero attached hydrogens (tertiary/aromatic N) is 3. The Labute approximate surface area is 108 Å². The molecule has 1 N–H and O–H groups in total. The number of anilines is 1. The van der Waals surface area contributed by atoms with E-state index in [1.54, 1.807) is 18.5 Å². The van der Waals surface area contributed by atoms with Gasteiger partial charge in [0.2, 0.25) is 0 Å². The average Bonchev–Trinajstić information content (AvgIpc) is 2.46. The van der Waals surface area contributed by atoms with Gasteiger partial charge in [-0.15, -0.1) is 0 Å². The number of rotatable bonds is 4. The van der Waals surface area contributed by atoms with Gasteiger partial charge in [-0.2, -0.15) is 5.26 Å². The summed E-state index contributed by atoms with van der Waals surface area (Å²) < 4.78 is 0. The predicted molar refractivity (Wildman–Crippen MR) is 70.3 cm³/mol. The van der Waals surface area contributed by atoms with Gasteiger partial charge >= 0.3 is 0 Å². The molecule has 1 heterocycles. The summed E-state index contributed by atoms with van der Waals surface area (Å²) in [6, 6.07) is 4.38. The summed E-state index contributed by atoms with van der Waals surface area (Å²) in [7, 11) is 0. The zero-order valence-electron chi connectivity index (χ0n) is 10.5. The van der Waals surface area contributed by atoms with E-state index in [-0.39, 0.29) is 6.61 Å². The maximum Gasteiger partial charge on any atom is 0.101 e. The first-order valence-electron chi connectivity index (χ1n) is 6.58. The Morgan fingerprint density at radius 2 is 2.17 bits per heavy atom. The number of aliphatic hydroxyl groups is 1. The zero-order valence-corrected chi connectivity index (χ0v) is 10.5. The lowest BCUT2D eigenvalue weighted by Gasteiger charge is -2.36. The third-order valence-electron chi connectivity index (χ3n) is 3.59. The Kier molecular flexibility index (Phi) is 4.54. The average molecular weight is 245 g/mol. The molecule has 0 bridgehead atoms. The van der Waals surface area contributed by atoms with Gasteiger partial charge in [0.05, 0.1) is 24.1 Å². The van der Waals surface area contributed by atoms with Crippen molar-refractivity contribution in [2.45, 2.75) is 38.1 Å². The fourth-order valence-electron chi connectivity index (χ4n) is 2.71.